The van der Waals surface area contributed by atoms with E-state index >= 15 is 0 Å². The lowest BCUT2D eigenvalue weighted by Gasteiger charge is -2.23. The van der Waals surface area contributed by atoms with Crippen LogP contribution in [0.5, 0.6) is 0 Å². The van der Waals surface area contributed by atoms with Crippen molar-refractivity contribution in [2.75, 3.05) is 65.4 Å². The van der Waals surface area contributed by atoms with Crippen molar-refractivity contribution >= 4 is 0 Å². The summed E-state index contributed by atoms with van der Waals surface area (Å²) in [6.07, 6.45) is 11.7. The lowest BCUT2D eigenvalue weighted by molar-refractivity contribution is 0.253. The normalized spacial score (nSPS) is 13.9. The van der Waals surface area contributed by atoms with Crippen molar-refractivity contribution in [3.8, 4) is 0 Å². The Morgan fingerprint density at radius 2 is 0.871 bits per heavy atom. The van der Waals surface area contributed by atoms with Crippen molar-refractivity contribution in [3.05, 3.63) is 0 Å². The first-order valence-corrected chi connectivity index (χ1v) is 13.9. The molecule has 0 aromatic rings. The topological polar surface area (TPSA) is 30.5 Å². The average Bonchev–Trinajstić information content (AvgIpc) is 2.75. The van der Waals surface area contributed by atoms with E-state index in [1.807, 2.05) is 0 Å². The molecule has 31 heavy (non-hydrogen) atoms. The molecule has 0 spiro atoms. The SMILES string of the molecule is CCCN(CCC)CCC(C)CNCCCCCNCC(C)CCN(CCC)CCC. The van der Waals surface area contributed by atoms with Gasteiger partial charge >= 0.3 is 0 Å². The summed E-state index contributed by atoms with van der Waals surface area (Å²) >= 11 is 0. The molecule has 4 nitrogen and oxygen atoms in total. The summed E-state index contributed by atoms with van der Waals surface area (Å²) in [5.41, 5.74) is 0. The van der Waals surface area contributed by atoms with E-state index in [4.69, 9.17) is 0 Å². The Balaban J connectivity index is 3.54. The lowest BCUT2D eigenvalue weighted by Crippen LogP contribution is -2.30. The smallest absolute Gasteiger partial charge is 0.00157 e. The number of hydrogen-bond donors (Lipinski definition) is 2. The van der Waals surface area contributed by atoms with Gasteiger partial charge in [0.05, 0.1) is 0 Å². The molecule has 0 saturated heterocycles. The van der Waals surface area contributed by atoms with Crippen molar-refractivity contribution < 1.29 is 0 Å². The predicted molar refractivity (Wildman–Crippen MR) is 141 cm³/mol. The maximum absolute atomic E-state index is 3.69. The van der Waals surface area contributed by atoms with E-state index < -0.39 is 0 Å². The number of nitrogens with zero attached hydrogens (tertiary/aromatic N) is 2. The molecule has 0 amide bonds. The van der Waals surface area contributed by atoms with Crippen LogP contribution in [0, 0.1) is 11.8 Å². The van der Waals surface area contributed by atoms with E-state index in [9.17, 15) is 0 Å². The molecule has 0 saturated carbocycles. The van der Waals surface area contributed by atoms with Crippen LogP contribution in [0.1, 0.15) is 99.3 Å². The molecule has 188 valence electrons. The second-order valence-electron chi connectivity index (χ2n) is 9.94. The fourth-order valence-corrected chi connectivity index (χ4v) is 4.32. The zero-order valence-electron chi connectivity index (χ0n) is 22.5. The highest BCUT2D eigenvalue weighted by Gasteiger charge is 2.08. The minimum absolute atomic E-state index is 0.782. The van der Waals surface area contributed by atoms with E-state index in [0.717, 1.165) is 11.8 Å². The number of nitrogens with one attached hydrogen (secondary N) is 2. The third-order valence-electron chi connectivity index (χ3n) is 6.23. The van der Waals surface area contributed by atoms with Crippen molar-refractivity contribution in [3.63, 3.8) is 0 Å². The van der Waals surface area contributed by atoms with Gasteiger partial charge < -0.3 is 20.4 Å². The Bertz CT molecular complexity index is 306. The van der Waals surface area contributed by atoms with Crippen LogP contribution in [0.25, 0.3) is 0 Å². The van der Waals surface area contributed by atoms with Crippen molar-refractivity contribution in [2.24, 2.45) is 11.8 Å². The standard InChI is InChI=1S/C27H60N4/c1-7-18-30(19-8-2)22-14-26(5)24-28-16-12-11-13-17-29-25-27(6)15-23-31(20-9-3)21-10-4/h26-29H,7-25H2,1-6H3. The molecule has 0 aromatic heterocycles. The van der Waals surface area contributed by atoms with Gasteiger partial charge in [0.2, 0.25) is 0 Å². The molecule has 0 fully saturated rings. The Hall–Kier alpha value is -0.160. The van der Waals surface area contributed by atoms with Gasteiger partial charge in [-0.1, -0.05) is 48.0 Å². The predicted octanol–water partition coefficient (Wildman–Crippen LogP) is 5.63. The third-order valence-corrected chi connectivity index (χ3v) is 6.23. The first-order valence-electron chi connectivity index (χ1n) is 13.9. The maximum atomic E-state index is 3.69. The number of hydrogen-bond acceptors (Lipinski definition) is 4. The van der Waals surface area contributed by atoms with Crippen LogP contribution in [-0.4, -0.2) is 75.2 Å². The molecule has 0 bridgehead atoms. The van der Waals surface area contributed by atoms with Gasteiger partial charge in [0.1, 0.15) is 0 Å². The lowest BCUT2D eigenvalue weighted by atomic mass is 10.1. The molecule has 0 heterocycles. The van der Waals surface area contributed by atoms with Gasteiger partial charge in [0.15, 0.2) is 0 Å². The summed E-state index contributed by atoms with van der Waals surface area (Å²) in [5, 5.41) is 7.37. The largest absolute Gasteiger partial charge is 0.316 e. The zero-order valence-corrected chi connectivity index (χ0v) is 22.5. The van der Waals surface area contributed by atoms with E-state index in [-0.39, 0.29) is 0 Å². The van der Waals surface area contributed by atoms with Crippen LogP contribution in [0.4, 0.5) is 0 Å². The quantitative estimate of drug-likeness (QED) is 0.190. The molecule has 0 aliphatic carbocycles. The van der Waals surface area contributed by atoms with Crippen LogP contribution in [0.15, 0.2) is 0 Å². The van der Waals surface area contributed by atoms with Crippen LogP contribution >= 0.6 is 0 Å². The molecular formula is C27H60N4. The van der Waals surface area contributed by atoms with Gasteiger partial charge in [-0.25, -0.2) is 0 Å². The summed E-state index contributed by atoms with van der Waals surface area (Å²) in [6.45, 7) is 26.3. The van der Waals surface area contributed by atoms with Gasteiger partial charge in [0.25, 0.3) is 0 Å². The van der Waals surface area contributed by atoms with Gasteiger partial charge in [-0.15, -0.1) is 0 Å². The second kappa shape index (κ2) is 23.0. The minimum atomic E-state index is 0.782. The summed E-state index contributed by atoms with van der Waals surface area (Å²) in [6, 6.07) is 0. The average molecular weight is 441 g/mol. The van der Waals surface area contributed by atoms with Crippen molar-refractivity contribution in [1.82, 2.24) is 20.4 Å². The summed E-state index contributed by atoms with van der Waals surface area (Å²) in [7, 11) is 0. The number of rotatable bonds is 24. The molecule has 2 N–H and O–H groups in total. The van der Waals surface area contributed by atoms with Crippen LogP contribution in [0.2, 0.25) is 0 Å². The number of unbranched alkanes of at least 4 members (excludes halogenated alkanes) is 2. The van der Waals surface area contributed by atoms with E-state index in [2.05, 4.69) is 62.0 Å². The van der Waals surface area contributed by atoms with Crippen LogP contribution in [-0.2, 0) is 0 Å². The molecule has 0 rings (SSSR count). The Kier molecular flexibility index (Phi) is 22.9. The highest BCUT2D eigenvalue weighted by atomic mass is 15.1. The van der Waals surface area contributed by atoms with Crippen molar-refractivity contribution in [1.29, 1.82) is 0 Å². The van der Waals surface area contributed by atoms with Gasteiger partial charge in [-0.05, 0) is 129 Å². The monoisotopic (exact) mass is 440 g/mol. The highest BCUT2D eigenvalue weighted by molar-refractivity contribution is 4.64. The fourth-order valence-electron chi connectivity index (χ4n) is 4.32. The maximum Gasteiger partial charge on any atom is -0.00157 e. The van der Waals surface area contributed by atoms with E-state index in [0.29, 0.717) is 0 Å². The fraction of sp³-hybridized carbons (Fsp3) is 1.00. The Labute approximate surface area is 197 Å². The molecular weight excluding hydrogens is 380 g/mol. The Morgan fingerprint density at radius 1 is 0.516 bits per heavy atom. The molecule has 2 unspecified atom stereocenters. The van der Waals surface area contributed by atoms with Gasteiger partial charge in [0, 0.05) is 0 Å². The molecule has 2 atom stereocenters. The molecule has 0 aromatic carbocycles. The van der Waals surface area contributed by atoms with E-state index in [1.165, 1.54) is 123 Å². The first-order chi connectivity index (χ1) is 15.1. The molecule has 0 aliphatic heterocycles. The molecule has 0 aliphatic rings. The first kappa shape index (κ1) is 30.8. The van der Waals surface area contributed by atoms with Crippen molar-refractivity contribution in [2.45, 2.75) is 99.3 Å². The van der Waals surface area contributed by atoms with Gasteiger partial charge in [-0.3, -0.25) is 0 Å². The minimum Gasteiger partial charge on any atom is -0.316 e. The Morgan fingerprint density at radius 3 is 1.19 bits per heavy atom. The zero-order chi connectivity index (χ0) is 23.2. The van der Waals surface area contributed by atoms with E-state index in [1.54, 1.807) is 0 Å². The molecule has 0 radical (unpaired) electrons. The molecule has 4 heteroatoms. The van der Waals surface area contributed by atoms with Gasteiger partial charge in [-0.2, -0.15) is 0 Å². The van der Waals surface area contributed by atoms with Crippen LogP contribution in [0.3, 0.4) is 0 Å². The van der Waals surface area contributed by atoms with Crippen LogP contribution < -0.4 is 10.6 Å². The summed E-state index contributed by atoms with van der Waals surface area (Å²) in [5.74, 6) is 1.56. The summed E-state index contributed by atoms with van der Waals surface area (Å²) in [4.78, 5) is 5.27. The summed E-state index contributed by atoms with van der Waals surface area (Å²) < 4.78 is 0. The third kappa shape index (κ3) is 20.2. The second-order valence-corrected chi connectivity index (χ2v) is 9.94. The highest BCUT2D eigenvalue weighted by Crippen LogP contribution is 2.06.